The largest absolute Gasteiger partial charge is 0.279 e. The molecule has 0 amide bonds. The molecule has 0 aliphatic rings. The van der Waals surface area contributed by atoms with Crippen LogP contribution in [0.3, 0.4) is 0 Å². The van der Waals surface area contributed by atoms with Gasteiger partial charge in [0.05, 0.1) is 3.79 Å². The van der Waals surface area contributed by atoms with Gasteiger partial charge in [0.2, 0.25) is 0 Å². The number of halogens is 1. The van der Waals surface area contributed by atoms with Gasteiger partial charge in [-0.2, -0.15) is 17.4 Å². The zero-order valence-corrected chi connectivity index (χ0v) is 13.5. The van der Waals surface area contributed by atoms with Gasteiger partial charge in [-0.3, -0.25) is 0 Å². The van der Waals surface area contributed by atoms with E-state index in [4.69, 9.17) is 0 Å². The molecule has 0 aliphatic carbocycles. The maximum absolute atomic E-state index is 12.0. The van der Waals surface area contributed by atoms with Crippen LogP contribution in [0.5, 0.6) is 0 Å². The minimum absolute atomic E-state index is 0.369. The summed E-state index contributed by atoms with van der Waals surface area (Å²) in [5.41, 5.74) is 0.506. The molecule has 0 aromatic carbocycles. The summed E-state index contributed by atoms with van der Waals surface area (Å²) < 4.78 is 28.9. The number of nitrogens with zero attached hydrogens (tertiary/aromatic N) is 1. The second-order valence-electron chi connectivity index (χ2n) is 4.87. The van der Waals surface area contributed by atoms with Gasteiger partial charge in [0.1, 0.15) is 0 Å². The van der Waals surface area contributed by atoms with Gasteiger partial charge in [0, 0.05) is 19.1 Å². The average molecular weight is 341 g/mol. The van der Waals surface area contributed by atoms with E-state index in [1.807, 2.05) is 32.2 Å². The summed E-state index contributed by atoms with van der Waals surface area (Å²) in [5, 5.41) is 1.94. The van der Waals surface area contributed by atoms with Crippen LogP contribution in [0, 0.1) is 0 Å². The van der Waals surface area contributed by atoms with Gasteiger partial charge in [0.15, 0.2) is 0 Å². The van der Waals surface area contributed by atoms with Gasteiger partial charge in [0.25, 0.3) is 10.2 Å². The molecule has 0 saturated heterocycles. The molecule has 1 aromatic rings. The summed E-state index contributed by atoms with van der Waals surface area (Å²) >= 11 is 4.90. The number of hydrogen-bond acceptors (Lipinski definition) is 3. The second kappa shape index (κ2) is 5.36. The minimum Gasteiger partial charge on any atom is -0.197 e. The molecule has 0 fully saturated rings. The van der Waals surface area contributed by atoms with Crippen LogP contribution >= 0.6 is 27.3 Å². The third-order valence-electron chi connectivity index (χ3n) is 1.87. The third-order valence-corrected chi connectivity index (χ3v) is 5.25. The fourth-order valence-electron chi connectivity index (χ4n) is 1.24. The molecular formula is C10H17BrN2O2S2. The predicted molar refractivity (Wildman–Crippen MR) is 75.3 cm³/mol. The number of thiophene rings is 1. The summed E-state index contributed by atoms with van der Waals surface area (Å²) in [7, 11) is -1.87. The highest BCUT2D eigenvalue weighted by atomic mass is 79.9. The van der Waals surface area contributed by atoms with Crippen LogP contribution in [0.4, 0.5) is 0 Å². The lowest BCUT2D eigenvalue weighted by Gasteiger charge is -2.25. The van der Waals surface area contributed by atoms with Crippen LogP contribution in [0.1, 0.15) is 26.3 Å². The standard InChI is InChI=1S/C10H17BrN2O2S2/c1-10(2,3)12-17(14,15)13(4)6-8-5-9(11)16-7-8/h5,7,12H,6H2,1-4H3. The Bertz CT molecular complexity index is 477. The van der Waals surface area contributed by atoms with Crippen LogP contribution in [-0.2, 0) is 16.8 Å². The van der Waals surface area contributed by atoms with E-state index in [-0.39, 0.29) is 0 Å². The summed E-state index contributed by atoms with van der Waals surface area (Å²) in [6.45, 7) is 5.83. The molecule has 0 aliphatic heterocycles. The van der Waals surface area contributed by atoms with Gasteiger partial charge in [-0.1, -0.05) is 0 Å². The maximum Gasteiger partial charge on any atom is 0.279 e. The lowest BCUT2D eigenvalue weighted by Crippen LogP contribution is -2.47. The molecule has 98 valence electrons. The molecule has 0 unspecified atom stereocenters. The smallest absolute Gasteiger partial charge is 0.197 e. The van der Waals surface area contributed by atoms with E-state index >= 15 is 0 Å². The van der Waals surface area contributed by atoms with Crippen molar-refractivity contribution < 1.29 is 8.42 Å². The Hall–Kier alpha value is 0.0500. The topological polar surface area (TPSA) is 49.4 Å². The third kappa shape index (κ3) is 5.05. The van der Waals surface area contributed by atoms with Crippen molar-refractivity contribution in [2.75, 3.05) is 7.05 Å². The Labute approximate surface area is 115 Å². The first-order valence-electron chi connectivity index (χ1n) is 5.08. The average Bonchev–Trinajstić information content (AvgIpc) is 2.46. The van der Waals surface area contributed by atoms with Gasteiger partial charge < -0.3 is 0 Å². The van der Waals surface area contributed by atoms with Gasteiger partial charge in [-0.15, -0.1) is 11.3 Å². The molecule has 1 heterocycles. The first-order chi connectivity index (χ1) is 7.60. The zero-order chi connectivity index (χ0) is 13.3. The summed E-state index contributed by atoms with van der Waals surface area (Å²) in [4.78, 5) is 0. The van der Waals surface area contributed by atoms with Crippen molar-refractivity contribution >= 4 is 37.5 Å². The molecule has 1 rings (SSSR count). The van der Waals surface area contributed by atoms with Crippen LogP contribution in [0.15, 0.2) is 15.2 Å². The molecule has 0 radical (unpaired) electrons. The van der Waals surface area contributed by atoms with Crippen LogP contribution in [-0.4, -0.2) is 25.3 Å². The zero-order valence-electron chi connectivity index (χ0n) is 10.3. The summed E-state index contributed by atoms with van der Waals surface area (Å²) in [6.07, 6.45) is 0. The van der Waals surface area contributed by atoms with Gasteiger partial charge >= 0.3 is 0 Å². The van der Waals surface area contributed by atoms with E-state index in [1.54, 1.807) is 18.4 Å². The quantitative estimate of drug-likeness (QED) is 0.915. The van der Waals surface area contributed by atoms with Crippen LogP contribution in [0.2, 0.25) is 0 Å². The predicted octanol–water partition coefficient (Wildman–Crippen LogP) is 2.58. The maximum atomic E-state index is 12.0. The highest BCUT2D eigenvalue weighted by Gasteiger charge is 2.24. The molecule has 0 saturated carbocycles. The number of nitrogens with one attached hydrogen (secondary N) is 1. The van der Waals surface area contributed by atoms with Crippen molar-refractivity contribution in [1.82, 2.24) is 9.03 Å². The van der Waals surface area contributed by atoms with Gasteiger partial charge in [-0.25, -0.2) is 0 Å². The number of hydrogen-bond donors (Lipinski definition) is 1. The SMILES string of the molecule is CN(Cc1csc(Br)c1)S(=O)(=O)NC(C)(C)C. The molecule has 17 heavy (non-hydrogen) atoms. The first-order valence-corrected chi connectivity index (χ1v) is 8.19. The molecule has 0 atom stereocenters. The second-order valence-corrected chi connectivity index (χ2v) is 8.94. The van der Waals surface area contributed by atoms with Crippen molar-refractivity contribution in [2.45, 2.75) is 32.9 Å². The van der Waals surface area contributed by atoms with Crippen molar-refractivity contribution in [3.8, 4) is 0 Å². The molecule has 7 heteroatoms. The normalized spacial score (nSPS) is 13.3. The van der Waals surface area contributed by atoms with Crippen molar-refractivity contribution in [1.29, 1.82) is 0 Å². The van der Waals surface area contributed by atoms with Crippen molar-refractivity contribution in [3.63, 3.8) is 0 Å². The lowest BCUT2D eigenvalue weighted by molar-refractivity contribution is 0.421. The highest BCUT2D eigenvalue weighted by Crippen LogP contribution is 2.22. The summed E-state index contributed by atoms with van der Waals surface area (Å²) in [6, 6.07) is 1.92. The summed E-state index contributed by atoms with van der Waals surface area (Å²) in [5.74, 6) is 0. The molecule has 1 aromatic heterocycles. The van der Waals surface area contributed by atoms with E-state index in [0.29, 0.717) is 6.54 Å². The Morgan fingerprint density at radius 2 is 2.06 bits per heavy atom. The Morgan fingerprint density at radius 3 is 2.47 bits per heavy atom. The van der Waals surface area contributed by atoms with Crippen molar-refractivity contribution in [2.24, 2.45) is 0 Å². The van der Waals surface area contributed by atoms with E-state index in [2.05, 4.69) is 20.7 Å². The molecule has 4 nitrogen and oxygen atoms in total. The molecule has 1 N–H and O–H groups in total. The fraction of sp³-hybridized carbons (Fsp3) is 0.600. The van der Waals surface area contributed by atoms with Crippen LogP contribution < -0.4 is 4.72 Å². The van der Waals surface area contributed by atoms with Crippen LogP contribution in [0.25, 0.3) is 0 Å². The minimum atomic E-state index is -3.43. The Kier molecular flexibility index (Phi) is 4.76. The van der Waals surface area contributed by atoms with E-state index in [1.165, 1.54) is 4.31 Å². The lowest BCUT2D eigenvalue weighted by atomic mass is 10.1. The van der Waals surface area contributed by atoms with E-state index in [0.717, 1.165) is 9.35 Å². The van der Waals surface area contributed by atoms with E-state index in [9.17, 15) is 8.42 Å². The van der Waals surface area contributed by atoms with E-state index < -0.39 is 15.7 Å². The number of rotatable bonds is 4. The molecular weight excluding hydrogens is 324 g/mol. The van der Waals surface area contributed by atoms with Crippen molar-refractivity contribution in [3.05, 3.63) is 20.8 Å². The Balaban J connectivity index is 2.73. The Morgan fingerprint density at radius 1 is 1.47 bits per heavy atom. The van der Waals surface area contributed by atoms with Gasteiger partial charge in [-0.05, 0) is 53.7 Å². The molecule has 0 bridgehead atoms. The monoisotopic (exact) mass is 340 g/mol. The molecule has 0 spiro atoms. The first kappa shape index (κ1) is 15.1. The highest BCUT2D eigenvalue weighted by molar-refractivity contribution is 9.11. The fourth-order valence-corrected chi connectivity index (χ4v) is 3.68.